The summed E-state index contributed by atoms with van der Waals surface area (Å²) in [5.74, 6) is -1.91. The summed E-state index contributed by atoms with van der Waals surface area (Å²) in [7, 11) is 0. The minimum atomic E-state index is -1.16. The van der Waals surface area contributed by atoms with E-state index in [0.29, 0.717) is 35.8 Å². The summed E-state index contributed by atoms with van der Waals surface area (Å²) >= 11 is 0. The third-order valence-electron chi connectivity index (χ3n) is 7.36. The second-order valence-corrected chi connectivity index (χ2v) is 11.6. The second kappa shape index (κ2) is 23.1. The van der Waals surface area contributed by atoms with Crippen LogP contribution in [-0.4, -0.2) is 79.3 Å². The van der Waals surface area contributed by atoms with Gasteiger partial charge in [0.2, 0.25) is 11.7 Å². The average Bonchev–Trinajstić information content (AvgIpc) is 3.19. The predicted molar refractivity (Wildman–Crippen MR) is 200 cm³/mol. The Balaban J connectivity index is 0.000000296. The van der Waals surface area contributed by atoms with Crippen LogP contribution in [0.15, 0.2) is 109 Å². The molecule has 0 spiro atoms. The molecule has 14 heteroatoms. The lowest BCUT2D eigenvalue weighted by Crippen LogP contribution is -2.51. The van der Waals surface area contributed by atoms with Crippen LogP contribution in [0.1, 0.15) is 52.6 Å². The second-order valence-electron chi connectivity index (χ2n) is 11.6. The summed E-state index contributed by atoms with van der Waals surface area (Å²) in [6.45, 7) is 5.16. The molecule has 4 rings (SSSR count). The Kier molecular flexibility index (Phi) is 17.9. The van der Waals surface area contributed by atoms with Gasteiger partial charge in [-0.1, -0.05) is 60.7 Å². The first-order valence-electron chi connectivity index (χ1n) is 17.3. The van der Waals surface area contributed by atoms with Crippen LogP contribution in [0.25, 0.3) is 0 Å². The first-order valence-corrected chi connectivity index (χ1v) is 17.3. The normalized spacial score (nSPS) is 11.3. The van der Waals surface area contributed by atoms with Crippen molar-refractivity contribution in [3.63, 3.8) is 0 Å². The molecule has 55 heavy (non-hydrogen) atoms. The molecular weight excluding hydrogens is 712 g/mol. The zero-order chi connectivity index (χ0) is 40.0. The summed E-state index contributed by atoms with van der Waals surface area (Å²) in [5, 5.41) is 13.9. The highest BCUT2D eigenvalue weighted by Crippen LogP contribution is 2.15. The number of nitrogens with one attached hydrogen (secondary N) is 2. The minimum absolute atomic E-state index is 0.0673. The zero-order valence-corrected chi connectivity index (χ0v) is 30.7. The minimum Gasteiger partial charge on any atom is -0.486 e. The molecule has 0 saturated carbocycles. The molecule has 0 heterocycles. The van der Waals surface area contributed by atoms with Gasteiger partial charge in [0, 0.05) is 6.42 Å². The topological polar surface area (TPSA) is 193 Å². The largest absolute Gasteiger partial charge is 0.486 e. The maximum atomic E-state index is 12.4. The Labute approximate surface area is 318 Å². The molecular formula is C41H44N2O12. The number of hydrogen-bond acceptors (Lipinski definition) is 11. The fraction of sp³-hybridized carbons (Fsp3) is 0.268. The van der Waals surface area contributed by atoms with E-state index in [9.17, 15) is 28.8 Å². The number of aliphatic carboxylic acids is 1. The maximum Gasteiger partial charge on any atom is 0.408 e. The van der Waals surface area contributed by atoms with E-state index >= 15 is 0 Å². The van der Waals surface area contributed by atoms with E-state index in [2.05, 4.69) is 10.6 Å². The van der Waals surface area contributed by atoms with Crippen molar-refractivity contribution >= 4 is 35.7 Å². The number of carboxylic acids is 1. The summed E-state index contributed by atoms with van der Waals surface area (Å²) in [6.07, 6.45) is -0.544. The van der Waals surface area contributed by atoms with Crippen molar-refractivity contribution in [3.05, 3.63) is 131 Å². The van der Waals surface area contributed by atoms with Crippen LogP contribution in [-0.2, 0) is 41.6 Å². The number of carbonyl (C=O) groups excluding carboxylic acids is 5. The van der Waals surface area contributed by atoms with Crippen molar-refractivity contribution in [3.8, 4) is 11.5 Å². The Morgan fingerprint density at radius 2 is 1.05 bits per heavy atom. The Morgan fingerprint density at radius 1 is 0.600 bits per heavy atom. The van der Waals surface area contributed by atoms with E-state index in [1.807, 2.05) is 60.7 Å². The fourth-order valence-electron chi connectivity index (χ4n) is 4.51. The number of benzene rings is 4. The van der Waals surface area contributed by atoms with Gasteiger partial charge < -0.3 is 39.4 Å². The van der Waals surface area contributed by atoms with Crippen LogP contribution in [0.3, 0.4) is 0 Å². The van der Waals surface area contributed by atoms with Gasteiger partial charge in [0.25, 0.3) is 0 Å². The van der Waals surface area contributed by atoms with Crippen molar-refractivity contribution < 1.29 is 57.6 Å². The van der Waals surface area contributed by atoms with E-state index in [1.165, 1.54) is 6.92 Å². The van der Waals surface area contributed by atoms with Crippen LogP contribution in [0.4, 0.5) is 4.79 Å². The highest BCUT2D eigenvalue weighted by Gasteiger charge is 2.25. The number of ether oxygens (including phenoxy) is 5. The van der Waals surface area contributed by atoms with Gasteiger partial charge in [0.05, 0.1) is 24.3 Å². The number of carbonyl (C=O) groups is 6. The SMILES string of the molecule is CCOC(=O)c1ccc(OCC(=O)COc2ccc(C(=O)OCC)cc2)cc1.C[C@H](NC(=O)[C@H](Cc1ccccc1)NC(=O)OCc1ccccc1)C(=O)O. The molecule has 0 aliphatic rings. The number of carboxylic acid groups (broad SMARTS) is 1. The molecule has 0 aromatic heterocycles. The van der Waals surface area contributed by atoms with Crippen LogP contribution in [0.5, 0.6) is 11.5 Å². The van der Waals surface area contributed by atoms with Gasteiger partial charge in [-0.05, 0) is 80.4 Å². The average molecular weight is 757 g/mol. The van der Waals surface area contributed by atoms with E-state index in [4.69, 9.17) is 28.8 Å². The molecule has 290 valence electrons. The zero-order valence-electron chi connectivity index (χ0n) is 30.7. The molecule has 0 fully saturated rings. The van der Waals surface area contributed by atoms with E-state index in [0.717, 1.165) is 11.1 Å². The summed E-state index contributed by atoms with van der Waals surface area (Å²) in [4.78, 5) is 70.6. The standard InChI is InChI=1S/C21H22O7.C20H22N2O5/c1-3-25-20(23)15-5-9-18(10-6-15)27-13-17(22)14-28-19-11-7-16(8-12-19)21(24)26-4-2;1-14(19(24)25)21-18(23)17(12-15-8-4-2-5-9-15)22-20(26)27-13-16-10-6-3-7-11-16/h5-12H,3-4,13-14H2,1-2H3;2-11,14,17H,12-13H2,1H3,(H,21,23)(H,22,26)(H,24,25)/t;14-,17-/m.0/s1. The molecule has 0 unspecified atom stereocenters. The first kappa shape index (κ1) is 42.7. The number of Topliss-reactive ketones (excluding diaryl/α,β-unsaturated/α-hetero) is 1. The molecule has 0 radical (unpaired) electrons. The molecule has 0 saturated heterocycles. The van der Waals surface area contributed by atoms with Crippen molar-refractivity contribution in [1.82, 2.24) is 10.6 Å². The van der Waals surface area contributed by atoms with E-state index < -0.39 is 42.0 Å². The number of ketones is 1. The Hall–Kier alpha value is -6.70. The third kappa shape index (κ3) is 15.8. The number of alkyl carbamates (subject to hydrolysis) is 1. The molecule has 0 aliphatic heterocycles. The van der Waals surface area contributed by atoms with Crippen molar-refractivity contribution in [2.24, 2.45) is 0 Å². The molecule has 4 aromatic carbocycles. The van der Waals surface area contributed by atoms with Gasteiger partial charge in [-0.2, -0.15) is 0 Å². The molecule has 0 bridgehead atoms. The van der Waals surface area contributed by atoms with E-state index in [-0.39, 0.29) is 32.0 Å². The fourth-order valence-corrected chi connectivity index (χ4v) is 4.51. The quantitative estimate of drug-likeness (QED) is 0.0892. The van der Waals surface area contributed by atoms with Gasteiger partial charge in [-0.3, -0.25) is 14.4 Å². The Bertz CT molecular complexity index is 1770. The van der Waals surface area contributed by atoms with Crippen molar-refractivity contribution in [2.75, 3.05) is 26.4 Å². The van der Waals surface area contributed by atoms with Gasteiger partial charge >= 0.3 is 24.0 Å². The molecule has 4 aromatic rings. The lowest BCUT2D eigenvalue weighted by Gasteiger charge is -2.20. The molecule has 2 atom stereocenters. The van der Waals surface area contributed by atoms with Crippen molar-refractivity contribution in [1.29, 1.82) is 0 Å². The number of rotatable bonds is 18. The first-order chi connectivity index (χ1) is 26.5. The Morgan fingerprint density at radius 3 is 1.49 bits per heavy atom. The highest BCUT2D eigenvalue weighted by molar-refractivity contribution is 5.90. The monoisotopic (exact) mass is 756 g/mol. The molecule has 2 amide bonds. The van der Waals surface area contributed by atoms with E-state index in [1.54, 1.807) is 62.4 Å². The molecule has 14 nitrogen and oxygen atoms in total. The number of esters is 2. The third-order valence-corrected chi connectivity index (χ3v) is 7.36. The lowest BCUT2D eigenvalue weighted by atomic mass is 10.1. The smallest absolute Gasteiger partial charge is 0.408 e. The maximum absolute atomic E-state index is 12.4. The van der Waals surface area contributed by atoms with Crippen LogP contribution in [0, 0.1) is 0 Å². The predicted octanol–water partition coefficient (Wildman–Crippen LogP) is 5.18. The summed E-state index contributed by atoms with van der Waals surface area (Å²) in [5.41, 5.74) is 2.46. The number of amides is 2. The van der Waals surface area contributed by atoms with Crippen LogP contribution >= 0.6 is 0 Å². The lowest BCUT2D eigenvalue weighted by molar-refractivity contribution is -0.141. The van der Waals surface area contributed by atoms with Gasteiger partial charge in [0.15, 0.2) is 0 Å². The summed E-state index contributed by atoms with van der Waals surface area (Å²) < 4.78 is 25.7. The van der Waals surface area contributed by atoms with Gasteiger partial charge in [-0.15, -0.1) is 0 Å². The van der Waals surface area contributed by atoms with Crippen molar-refractivity contribution in [2.45, 2.75) is 45.9 Å². The number of hydrogen-bond donors (Lipinski definition) is 3. The van der Waals surface area contributed by atoms with Crippen LogP contribution in [0.2, 0.25) is 0 Å². The van der Waals surface area contributed by atoms with Crippen LogP contribution < -0.4 is 20.1 Å². The molecule has 3 N–H and O–H groups in total. The highest BCUT2D eigenvalue weighted by atomic mass is 16.6. The molecule has 0 aliphatic carbocycles. The van der Waals surface area contributed by atoms with Gasteiger partial charge in [-0.25, -0.2) is 14.4 Å². The van der Waals surface area contributed by atoms with Gasteiger partial charge in [0.1, 0.15) is 43.4 Å². The summed E-state index contributed by atoms with van der Waals surface area (Å²) in [6, 6.07) is 28.9.